The average Bonchev–Trinajstić information content (AvgIpc) is 3.12. The van der Waals surface area contributed by atoms with E-state index in [1.807, 2.05) is 30.3 Å². The van der Waals surface area contributed by atoms with Gasteiger partial charge in [0.05, 0.1) is 5.69 Å². The van der Waals surface area contributed by atoms with E-state index in [2.05, 4.69) is 10.2 Å². The summed E-state index contributed by atoms with van der Waals surface area (Å²) in [6.45, 7) is 1.20. The van der Waals surface area contributed by atoms with Gasteiger partial charge in [0, 0.05) is 26.1 Å². The lowest BCUT2D eigenvalue weighted by atomic mass is 10.2. The minimum atomic E-state index is -3.41. The van der Waals surface area contributed by atoms with Crippen LogP contribution in [0.4, 0.5) is 0 Å². The number of aromatic amines is 1. The van der Waals surface area contributed by atoms with Gasteiger partial charge in [-0.15, -0.1) is 0 Å². The van der Waals surface area contributed by atoms with E-state index in [0.29, 0.717) is 18.8 Å². The number of aromatic nitrogens is 2. The van der Waals surface area contributed by atoms with Crippen LogP contribution in [0.1, 0.15) is 14.3 Å². The molecule has 1 aromatic heterocycles. The maximum absolute atomic E-state index is 12.3. The van der Waals surface area contributed by atoms with Crippen LogP contribution < -0.4 is 0 Å². The zero-order valence-corrected chi connectivity index (χ0v) is 11.2. The number of nitrogens with zero attached hydrogens (tertiary/aromatic N) is 2. The first kappa shape index (κ1) is 12.4. The molecule has 2 heterocycles. The molecule has 102 valence electrons. The Labute approximate surface area is 113 Å². The second kappa shape index (κ2) is 4.79. The molecule has 1 aromatic carbocycles. The van der Waals surface area contributed by atoms with E-state index >= 15 is 0 Å². The molecule has 1 N–H and O–H groups in total. The normalized spacial score (nSPS) is 16.8. The predicted molar refractivity (Wildman–Crippen MR) is 74.1 cm³/mol. The third-order valence-corrected chi connectivity index (χ3v) is 5.12. The van der Waals surface area contributed by atoms with Crippen molar-refractivity contribution in [2.45, 2.75) is 17.9 Å². The second-order valence-corrected chi connectivity index (χ2v) is 6.50. The zero-order chi connectivity index (χ0) is 13.3. The predicted octanol–water partition coefficient (Wildman–Crippen LogP) is 2.11. The van der Waals surface area contributed by atoms with Gasteiger partial charge in [-0.05, 0) is 12.8 Å². The monoisotopic (exact) mass is 279 g/mol. The molecule has 0 bridgehead atoms. The SMILES string of the molecule is O=S(=O)(c1cc(-c2ccccc2)n[nH]1)N1CCCC1.[HH]. The molecule has 3 rings (SSSR count). The summed E-state index contributed by atoms with van der Waals surface area (Å²) in [5.74, 6) is 0. The van der Waals surface area contributed by atoms with Crippen molar-refractivity contribution in [3.05, 3.63) is 36.4 Å². The van der Waals surface area contributed by atoms with Crippen LogP contribution in [0.5, 0.6) is 0 Å². The molecule has 0 amide bonds. The molecule has 0 aliphatic carbocycles. The quantitative estimate of drug-likeness (QED) is 0.935. The van der Waals surface area contributed by atoms with Crippen LogP contribution in [-0.4, -0.2) is 36.0 Å². The molecule has 0 spiro atoms. The number of hydrogen-bond donors (Lipinski definition) is 1. The molecule has 1 aliphatic heterocycles. The van der Waals surface area contributed by atoms with Gasteiger partial charge >= 0.3 is 0 Å². The Bertz CT molecular complexity index is 664. The summed E-state index contributed by atoms with van der Waals surface area (Å²) in [5, 5.41) is 6.91. The minimum absolute atomic E-state index is 0. The molecule has 5 nitrogen and oxygen atoms in total. The van der Waals surface area contributed by atoms with Gasteiger partial charge in [0.2, 0.25) is 0 Å². The molecule has 0 atom stereocenters. The fourth-order valence-corrected chi connectivity index (χ4v) is 3.70. The van der Waals surface area contributed by atoms with Crippen molar-refractivity contribution < 1.29 is 9.84 Å². The van der Waals surface area contributed by atoms with Crippen molar-refractivity contribution in [2.75, 3.05) is 13.1 Å². The smallest absolute Gasteiger partial charge is 0.259 e. The van der Waals surface area contributed by atoms with Crippen molar-refractivity contribution in [1.29, 1.82) is 0 Å². The number of sulfonamides is 1. The lowest BCUT2D eigenvalue weighted by Crippen LogP contribution is -2.28. The summed E-state index contributed by atoms with van der Waals surface area (Å²) < 4.78 is 26.2. The van der Waals surface area contributed by atoms with Gasteiger partial charge in [-0.1, -0.05) is 30.3 Å². The molecule has 1 aliphatic rings. The first-order chi connectivity index (χ1) is 9.18. The summed E-state index contributed by atoms with van der Waals surface area (Å²) in [6.07, 6.45) is 1.86. The van der Waals surface area contributed by atoms with Gasteiger partial charge in [0.15, 0.2) is 5.03 Å². The van der Waals surface area contributed by atoms with E-state index in [9.17, 15) is 8.42 Å². The van der Waals surface area contributed by atoms with Crippen molar-refractivity contribution >= 4 is 10.0 Å². The summed E-state index contributed by atoms with van der Waals surface area (Å²) in [6, 6.07) is 11.1. The van der Waals surface area contributed by atoms with Crippen molar-refractivity contribution in [3.8, 4) is 11.3 Å². The van der Waals surface area contributed by atoms with Gasteiger partial charge in [0.1, 0.15) is 0 Å². The number of hydrogen-bond acceptors (Lipinski definition) is 3. The van der Waals surface area contributed by atoms with Crippen LogP contribution in [-0.2, 0) is 10.0 Å². The van der Waals surface area contributed by atoms with Crippen LogP contribution in [0.15, 0.2) is 41.4 Å². The third-order valence-electron chi connectivity index (χ3n) is 3.31. The van der Waals surface area contributed by atoms with E-state index in [1.54, 1.807) is 6.07 Å². The summed E-state index contributed by atoms with van der Waals surface area (Å²) in [5.41, 5.74) is 1.56. The maximum Gasteiger partial charge on any atom is 0.259 e. The second-order valence-electron chi connectivity index (χ2n) is 4.59. The van der Waals surface area contributed by atoms with Gasteiger partial charge in [-0.2, -0.15) is 9.40 Å². The molecule has 19 heavy (non-hydrogen) atoms. The molecule has 0 radical (unpaired) electrons. The van der Waals surface area contributed by atoms with Crippen LogP contribution >= 0.6 is 0 Å². The zero-order valence-electron chi connectivity index (χ0n) is 10.4. The molecular weight excluding hydrogens is 262 g/mol. The van der Waals surface area contributed by atoms with Gasteiger partial charge < -0.3 is 0 Å². The number of rotatable bonds is 3. The Morgan fingerprint density at radius 1 is 1.16 bits per heavy atom. The number of benzene rings is 1. The van der Waals surface area contributed by atoms with Gasteiger partial charge in [-0.3, -0.25) is 5.10 Å². The summed E-state index contributed by atoms with van der Waals surface area (Å²) >= 11 is 0. The lowest BCUT2D eigenvalue weighted by molar-refractivity contribution is 0.474. The molecular formula is C13H17N3O2S. The van der Waals surface area contributed by atoms with E-state index < -0.39 is 10.0 Å². The van der Waals surface area contributed by atoms with Gasteiger partial charge in [-0.25, -0.2) is 8.42 Å². The highest BCUT2D eigenvalue weighted by molar-refractivity contribution is 7.89. The molecule has 2 aromatic rings. The first-order valence-corrected chi connectivity index (χ1v) is 7.73. The molecule has 1 saturated heterocycles. The Morgan fingerprint density at radius 3 is 2.53 bits per heavy atom. The highest BCUT2D eigenvalue weighted by Gasteiger charge is 2.28. The molecule has 6 heteroatoms. The van der Waals surface area contributed by atoms with Crippen molar-refractivity contribution in [2.24, 2.45) is 0 Å². The average molecular weight is 279 g/mol. The van der Waals surface area contributed by atoms with Crippen LogP contribution in [0.2, 0.25) is 0 Å². The minimum Gasteiger partial charge on any atom is -0.266 e. The standard InChI is InChI=1S/C13H15N3O2S.H2/c17-19(18,16-8-4-5-9-16)13-10-12(14-15-13)11-6-2-1-3-7-11;/h1-3,6-7,10H,4-5,8-9H2,(H,14,15);1H. The number of nitrogens with one attached hydrogen (secondary N) is 1. The maximum atomic E-state index is 12.3. The van der Waals surface area contributed by atoms with E-state index in [1.165, 1.54) is 4.31 Å². The Morgan fingerprint density at radius 2 is 1.84 bits per heavy atom. The lowest BCUT2D eigenvalue weighted by Gasteiger charge is -2.13. The summed E-state index contributed by atoms with van der Waals surface area (Å²) in [4.78, 5) is 0. The molecule has 0 unspecified atom stereocenters. The highest BCUT2D eigenvalue weighted by atomic mass is 32.2. The van der Waals surface area contributed by atoms with Crippen LogP contribution in [0.3, 0.4) is 0 Å². The largest absolute Gasteiger partial charge is 0.266 e. The molecule has 0 saturated carbocycles. The highest BCUT2D eigenvalue weighted by Crippen LogP contribution is 2.23. The molecule has 1 fully saturated rings. The van der Waals surface area contributed by atoms with Crippen LogP contribution in [0.25, 0.3) is 11.3 Å². The third kappa shape index (κ3) is 2.29. The fraction of sp³-hybridized carbons (Fsp3) is 0.308. The topological polar surface area (TPSA) is 66.1 Å². The van der Waals surface area contributed by atoms with Gasteiger partial charge in [0.25, 0.3) is 10.0 Å². The Kier molecular flexibility index (Phi) is 3.12. The first-order valence-electron chi connectivity index (χ1n) is 6.29. The Balaban J connectivity index is 0.00000147. The van der Waals surface area contributed by atoms with E-state index in [4.69, 9.17) is 0 Å². The van der Waals surface area contributed by atoms with Crippen molar-refractivity contribution in [3.63, 3.8) is 0 Å². The van der Waals surface area contributed by atoms with E-state index in [-0.39, 0.29) is 6.45 Å². The number of H-pyrrole nitrogens is 1. The summed E-state index contributed by atoms with van der Waals surface area (Å²) in [7, 11) is -3.41. The van der Waals surface area contributed by atoms with Crippen molar-refractivity contribution in [1.82, 2.24) is 14.5 Å². The fourth-order valence-electron chi connectivity index (χ4n) is 2.26. The van der Waals surface area contributed by atoms with E-state index in [0.717, 1.165) is 18.4 Å². The van der Waals surface area contributed by atoms with Crippen LogP contribution in [0, 0.1) is 0 Å². The Hall–Kier alpha value is -1.66.